The minimum atomic E-state index is -0.183. The van der Waals surface area contributed by atoms with Gasteiger partial charge in [-0.05, 0) is 19.1 Å². The van der Waals surface area contributed by atoms with Gasteiger partial charge in [-0.25, -0.2) is 4.98 Å². The molecular weight excluding hydrogens is 226 g/mol. The molecule has 0 fully saturated rings. The van der Waals surface area contributed by atoms with Gasteiger partial charge in [0.25, 0.3) is 5.56 Å². The summed E-state index contributed by atoms with van der Waals surface area (Å²) in [5, 5.41) is 0. The fraction of sp³-hybridized carbons (Fsp3) is 0.357. The minimum absolute atomic E-state index is 0.126. The first kappa shape index (κ1) is 12.5. The summed E-state index contributed by atoms with van der Waals surface area (Å²) in [4.78, 5) is 23.2. The van der Waals surface area contributed by atoms with Crippen molar-refractivity contribution in [2.45, 2.75) is 33.1 Å². The van der Waals surface area contributed by atoms with Crippen molar-refractivity contribution in [1.82, 2.24) is 15.0 Å². The number of hydrogen-bond donors (Lipinski definition) is 1. The average Bonchev–Trinajstić information content (AvgIpc) is 2.27. The maximum atomic E-state index is 11.7. The van der Waals surface area contributed by atoms with Crippen molar-refractivity contribution >= 4 is 0 Å². The largest absolute Gasteiger partial charge is 0.310 e. The van der Waals surface area contributed by atoms with Crippen LogP contribution in [0.4, 0.5) is 0 Å². The Morgan fingerprint density at radius 3 is 2.56 bits per heavy atom. The quantitative estimate of drug-likeness (QED) is 0.836. The van der Waals surface area contributed by atoms with Gasteiger partial charge in [-0.1, -0.05) is 20.8 Å². The second-order valence-corrected chi connectivity index (χ2v) is 5.42. The van der Waals surface area contributed by atoms with Crippen LogP contribution in [0.2, 0.25) is 0 Å². The second-order valence-electron chi connectivity index (χ2n) is 5.42. The maximum absolute atomic E-state index is 11.7. The van der Waals surface area contributed by atoms with E-state index in [0.717, 1.165) is 11.3 Å². The van der Waals surface area contributed by atoms with Gasteiger partial charge in [-0.15, -0.1) is 0 Å². The van der Waals surface area contributed by atoms with Crippen molar-refractivity contribution in [1.29, 1.82) is 0 Å². The average molecular weight is 243 g/mol. The maximum Gasteiger partial charge on any atom is 0.251 e. The Kier molecular flexibility index (Phi) is 3.03. The zero-order chi connectivity index (χ0) is 13.3. The molecule has 2 aromatic rings. The molecule has 4 heteroatoms. The van der Waals surface area contributed by atoms with Crippen molar-refractivity contribution in [3.05, 3.63) is 46.3 Å². The molecule has 0 saturated heterocycles. The highest BCUT2D eigenvalue weighted by Crippen LogP contribution is 2.21. The fourth-order valence-electron chi connectivity index (χ4n) is 1.67. The normalized spacial score (nSPS) is 11.6. The van der Waals surface area contributed by atoms with Crippen LogP contribution in [-0.2, 0) is 5.41 Å². The molecule has 0 atom stereocenters. The monoisotopic (exact) mass is 243 g/mol. The summed E-state index contributed by atoms with van der Waals surface area (Å²) in [6.07, 6.45) is 1.73. The van der Waals surface area contributed by atoms with Gasteiger partial charge >= 0.3 is 0 Å². The smallest absolute Gasteiger partial charge is 0.251 e. The fourth-order valence-corrected chi connectivity index (χ4v) is 1.67. The molecule has 0 aliphatic rings. The number of hydrogen-bond acceptors (Lipinski definition) is 3. The van der Waals surface area contributed by atoms with E-state index in [4.69, 9.17) is 0 Å². The molecule has 0 bridgehead atoms. The molecule has 0 unspecified atom stereocenters. The first-order chi connectivity index (χ1) is 8.36. The molecule has 2 aromatic heterocycles. The predicted octanol–water partition coefficient (Wildman–Crippen LogP) is 2.44. The molecule has 18 heavy (non-hydrogen) atoms. The third-order valence-electron chi connectivity index (χ3n) is 2.64. The zero-order valence-electron chi connectivity index (χ0n) is 11.1. The van der Waals surface area contributed by atoms with Crippen LogP contribution in [-0.4, -0.2) is 15.0 Å². The van der Waals surface area contributed by atoms with Crippen LogP contribution in [0.5, 0.6) is 0 Å². The van der Waals surface area contributed by atoms with Crippen molar-refractivity contribution in [3.63, 3.8) is 0 Å². The Labute approximate surface area is 106 Å². The van der Waals surface area contributed by atoms with Crippen LogP contribution < -0.4 is 5.56 Å². The minimum Gasteiger partial charge on any atom is -0.310 e. The summed E-state index contributed by atoms with van der Waals surface area (Å²) in [5.41, 5.74) is 2.21. The molecule has 2 rings (SSSR count). The van der Waals surface area contributed by atoms with Gasteiger partial charge in [-0.2, -0.15) is 0 Å². The van der Waals surface area contributed by atoms with Crippen molar-refractivity contribution < 1.29 is 0 Å². The van der Waals surface area contributed by atoms with E-state index in [0.29, 0.717) is 11.5 Å². The molecule has 0 aliphatic carbocycles. The number of aryl methyl sites for hydroxylation is 1. The van der Waals surface area contributed by atoms with Crippen LogP contribution in [0.25, 0.3) is 11.3 Å². The Morgan fingerprint density at radius 2 is 1.94 bits per heavy atom. The summed E-state index contributed by atoms with van der Waals surface area (Å²) < 4.78 is 0. The number of pyridine rings is 1. The number of aromatic amines is 1. The highest BCUT2D eigenvalue weighted by molar-refractivity contribution is 5.58. The van der Waals surface area contributed by atoms with E-state index in [2.05, 4.69) is 15.0 Å². The summed E-state index contributed by atoms with van der Waals surface area (Å²) in [6, 6.07) is 5.30. The molecule has 0 aromatic carbocycles. The standard InChI is InChI=1S/C14H17N3O/c1-9-7-10(5-6-15-9)11-8-12(18)17-13(16-11)14(2,3)4/h5-8H,1-4H3,(H,16,17,18). The van der Waals surface area contributed by atoms with Crippen molar-refractivity contribution in [2.24, 2.45) is 0 Å². The van der Waals surface area contributed by atoms with Crippen LogP contribution in [0, 0.1) is 6.92 Å². The topological polar surface area (TPSA) is 58.6 Å². The van der Waals surface area contributed by atoms with E-state index in [-0.39, 0.29) is 11.0 Å². The summed E-state index contributed by atoms with van der Waals surface area (Å²) in [7, 11) is 0. The summed E-state index contributed by atoms with van der Waals surface area (Å²) >= 11 is 0. The zero-order valence-corrected chi connectivity index (χ0v) is 11.1. The lowest BCUT2D eigenvalue weighted by molar-refractivity contribution is 0.543. The predicted molar refractivity (Wildman–Crippen MR) is 71.5 cm³/mol. The van der Waals surface area contributed by atoms with Gasteiger partial charge < -0.3 is 4.98 Å². The Bertz CT molecular complexity index is 623. The van der Waals surface area contributed by atoms with Crippen LogP contribution in [0.15, 0.2) is 29.2 Å². The molecule has 0 spiro atoms. The Morgan fingerprint density at radius 1 is 1.22 bits per heavy atom. The summed E-state index contributed by atoms with van der Waals surface area (Å²) in [5.74, 6) is 0.694. The number of nitrogens with one attached hydrogen (secondary N) is 1. The molecule has 0 amide bonds. The van der Waals surface area contributed by atoms with E-state index < -0.39 is 0 Å². The van der Waals surface area contributed by atoms with E-state index in [1.165, 1.54) is 6.07 Å². The molecule has 0 aliphatic heterocycles. The number of aromatic nitrogens is 3. The third kappa shape index (κ3) is 2.64. The van der Waals surface area contributed by atoms with Crippen LogP contribution in [0.1, 0.15) is 32.3 Å². The Balaban J connectivity index is 2.59. The van der Waals surface area contributed by atoms with E-state index in [1.807, 2.05) is 39.8 Å². The van der Waals surface area contributed by atoms with Gasteiger partial charge in [0.05, 0.1) is 5.69 Å². The lowest BCUT2D eigenvalue weighted by atomic mass is 9.95. The first-order valence-electron chi connectivity index (χ1n) is 5.91. The highest BCUT2D eigenvalue weighted by Gasteiger charge is 2.17. The third-order valence-corrected chi connectivity index (χ3v) is 2.64. The van der Waals surface area contributed by atoms with E-state index in [1.54, 1.807) is 6.20 Å². The molecule has 1 N–H and O–H groups in total. The molecular formula is C14H17N3O. The van der Waals surface area contributed by atoms with E-state index in [9.17, 15) is 4.79 Å². The Hall–Kier alpha value is -1.97. The van der Waals surface area contributed by atoms with Gasteiger partial charge in [-0.3, -0.25) is 9.78 Å². The lowest BCUT2D eigenvalue weighted by Crippen LogP contribution is -2.21. The van der Waals surface area contributed by atoms with Gasteiger partial charge in [0.15, 0.2) is 0 Å². The first-order valence-corrected chi connectivity index (χ1v) is 5.91. The molecule has 4 nitrogen and oxygen atoms in total. The van der Waals surface area contributed by atoms with Crippen LogP contribution in [0.3, 0.4) is 0 Å². The van der Waals surface area contributed by atoms with Gasteiger partial charge in [0.1, 0.15) is 5.82 Å². The number of H-pyrrole nitrogens is 1. The summed E-state index contributed by atoms with van der Waals surface area (Å²) in [6.45, 7) is 7.98. The van der Waals surface area contributed by atoms with Crippen LogP contribution >= 0.6 is 0 Å². The SMILES string of the molecule is Cc1cc(-c2cc(=O)[nH]c(C(C)(C)C)n2)ccn1. The molecule has 94 valence electrons. The van der Waals surface area contributed by atoms with Crippen molar-refractivity contribution in [2.75, 3.05) is 0 Å². The van der Waals surface area contributed by atoms with Gasteiger partial charge in [0, 0.05) is 28.9 Å². The van der Waals surface area contributed by atoms with Gasteiger partial charge in [0.2, 0.25) is 0 Å². The van der Waals surface area contributed by atoms with E-state index >= 15 is 0 Å². The molecule has 0 radical (unpaired) electrons. The van der Waals surface area contributed by atoms with Crippen molar-refractivity contribution in [3.8, 4) is 11.3 Å². The lowest BCUT2D eigenvalue weighted by Gasteiger charge is -2.17. The highest BCUT2D eigenvalue weighted by atomic mass is 16.1. The molecule has 2 heterocycles. The number of rotatable bonds is 1. The second kappa shape index (κ2) is 4.37. The molecule has 0 saturated carbocycles. The number of nitrogens with zero attached hydrogens (tertiary/aromatic N) is 2.